The molecular formula is C14H22N2O2. The Kier molecular flexibility index (Phi) is 6.22. The van der Waals surface area contributed by atoms with E-state index in [0.717, 1.165) is 24.9 Å². The zero-order valence-electron chi connectivity index (χ0n) is 11.1. The van der Waals surface area contributed by atoms with Crippen molar-refractivity contribution in [1.82, 2.24) is 10.6 Å². The molecule has 1 atom stereocenters. The van der Waals surface area contributed by atoms with Crippen LogP contribution in [0.4, 0.5) is 0 Å². The predicted molar refractivity (Wildman–Crippen MR) is 72.6 cm³/mol. The third-order valence-corrected chi connectivity index (χ3v) is 2.66. The lowest BCUT2D eigenvalue weighted by Crippen LogP contribution is -2.39. The SMILES string of the molecule is CCCNC(=O)CNC(C)Cc1ccc(O)cc1. The van der Waals surface area contributed by atoms with Crippen molar-refractivity contribution in [3.05, 3.63) is 29.8 Å². The molecule has 0 bridgehead atoms. The van der Waals surface area contributed by atoms with E-state index in [9.17, 15) is 9.90 Å². The van der Waals surface area contributed by atoms with Gasteiger partial charge in [0.15, 0.2) is 0 Å². The highest BCUT2D eigenvalue weighted by molar-refractivity contribution is 5.77. The molecule has 0 saturated heterocycles. The van der Waals surface area contributed by atoms with E-state index in [0.29, 0.717) is 6.54 Å². The smallest absolute Gasteiger partial charge is 0.233 e. The van der Waals surface area contributed by atoms with Gasteiger partial charge in [-0.25, -0.2) is 0 Å². The van der Waals surface area contributed by atoms with Crippen LogP contribution < -0.4 is 10.6 Å². The summed E-state index contributed by atoms with van der Waals surface area (Å²) in [5.41, 5.74) is 1.14. The number of phenols is 1. The van der Waals surface area contributed by atoms with E-state index in [2.05, 4.69) is 10.6 Å². The van der Waals surface area contributed by atoms with Gasteiger partial charge in [0.05, 0.1) is 6.54 Å². The van der Waals surface area contributed by atoms with E-state index < -0.39 is 0 Å². The number of amides is 1. The molecule has 1 amide bonds. The van der Waals surface area contributed by atoms with Crippen molar-refractivity contribution in [2.45, 2.75) is 32.7 Å². The topological polar surface area (TPSA) is 61.4 Å². The van der Waals surface area contributed by atoms with Gasteiger partial charge in [0.1, 0.15) is 5.75 Å². The van der Waals surface area contributed by atoms with Gasteiger partial charge in [-0.15, -0.1) is 0 Å². The van der Waals surface area contributed by atoms with E-state index >= 15 is 0 Å². The molecule has 0 fully saturated rings. The summed E-state index contributed by atoms with van der Waals surface area (Å²) in [6.07, 6.45) is 1.79. The predicted octanol–water partition coefficient (Wildman–Crippen LogP) is 1.44. The van der Waals surface area contributed by atoms with Crippen molar-refractivity contribution in [1.29, 1.82) is 0 Å². The van der Waals surface area contributed by atoms with Gasteiger partial charge >= 0.3 is 0 Å². The van der Waals surface area contributed by atoms with E-state index in [-0.39, 0.29) is 17.7 Å². The van der Waals surface area contributed by atoms with Crippen LogP contribution in [0, 0.1) is 0 Å². The maximum Gasteiger partial charge on any atom is 0.233 e. The van der Waals surface area contributed by atoms with Crippen molar-refractivity contribution in [2.75, 3.05) is 13.1 Å². The summed E-state index contributed by atoms with van der Waals surface area (Å²) in [4.78, 5) is 11.4. The quantitative estimate of drug-likeness (QED) is 0.686. The van der Waals surface area contributed by atoms with E-state index in [4.69, 9.17) is 0 Å². The first-order valence-electron chi connectivity index (χ1n) is 6.39. The fourth-order valence-electron chi connectivity index (χ4n) is 1.65. The van der Waals surface area contributed by atoms with Crippen LogP contribution in [0.25, 0.3) is 0 Å². The molecular weight excluding hydrogens is 228 g/mol. The maximum absolute atomic E-state index is 11.4. The standard InChI is InChI=1S/C14H22N2O2/c1-3-8-15-14(18)10-16-11(2)9-12-4-6-13(17)7-5-12/h4-7,11,16-17H,3,8-10H2,1-2H3,(H,15,18). The van der Waals surface area contributed by atoms with Crippen LogP contribution in [0.1, 0.15) is 25.8 Å². The van der Waals surface area contributed by atoms with Crippen LogP contribution in [-0.4, -0.2) is 30.1 Å². The molecule has 1 rings (SSSR count). The van der Waals surface area contributed by atoms with Crippen LogP contribution in [0.3, 0.4) is 0 Å². The lowest BCUT2D eigenvalue weighted by Gasteiger charge is -2.13. The number of rotatable bonds is 7. The fourth-order valence-corrected chi connectivity index (χ4v) is 1.65. The van der Waals surface area contributed by atoms with Gasteiger partial charge in [-0.2, -0.15) is 0 Å². The summed E-state index contributed by atoms with van der Waals surface area (Å²) >= 11 is 0. The normalized spacial score (nSPS) is 12.1. The van der Waals surface area contributed by atoms with Gasteiger partial charge in [-0.05, 0) is 37.5 Å². The molecule has 4 nitrogen and oxygen atoms in total. The van der Waals surface area contributed by atoms with Gasteiger partial charge in [0, 0.05) is 12.6 Å². The van der Waals surface area contributed by atoms with Crippen molar-refractivity contribution in [3.63, 3.8) is 0 Å². The Labute approximate surface area is 108 Å². The second kappa shape index (κ2) is 7.71. The molecule has 0 saturated carbocycles. The summed E-state index contributed by atoms with van der Waals surface area (Å²) in [7, 11) is 0. The zero-order chi connectivity index (χ0) is 13.4. The lowest BCUT2D eigenvalue weighted by atomic mass is 10.1. The van der Waals surface area contributed by atoms with Crippen LogP contribution >= 0.6 is 0 Å². The Morgan fingerprint density at radius 2 is 2.00 bits per heavy atom. The number of phenolic OH excluding ortho intramolecular Hbond substituents is 1. The van der Waals surface area contributed by atoms with Crippen molar-refractivity contribution in [3.8, 4) is 5.75 Å². The Balaban J connectivity index is 2.27. The Hall–Kier alpha value is -1.55. The average molecular weight is 250 g/mol. The second-order valence-electron chi connectivity index (χ2n) is 4.50. The van der Waals surface area contributed by atoms with Gasteiger partial charge in [0.25, 0.3) is 0 Å². The van der Waals surface area contributed by atoms with Crippen molar-refractivity contribution < 1.29 is 9.90 Å². The number of hydrogen-bond donors (Lipinski definition) is 3. The Bertz CT molecular complexity index is 363. The van der Waals surface area contributed by atoms with Crippen LogP contribution in [0.5, 0.6) is 5.75 Å². The largest absolute Gasteiger partial charge is 0.508 e. The van der Waals surface area contributed by atoms with E-state index in [1.165, 1.54) is 0 Å². The van der Waals surface area contributed by atoms with E-state index in [1.54, 1.807) is 12.1 Å². The Morgan fingerprint density at radius 3 is 2.61 bits per heavy atom. The molecule has 3 N–H and O–H groups in total. The summed E-state index contributed by atoms with van der Waals surface area (Å²) in [6, 6.07) is 7.36. The number of aromatic hydroxyl groups is 1. The monoisotopic (exact) mass is 250 g/mol. The second-order valence-corrected chi connectivity index (χ2v) is 4.50. The molecule has 0 aliphatic carbocycles. The summed E-state index contributed by atoms with van der Waals surface area (Å²) in [5, 5.41) is 15.2. The minimum absolute atomic E-state index is 0.0365. The van der Waals surface area contributed by atoms with Crippen LogP contribution in [0.15, 0.2) is 24.3 Å². The van der Waals surface area contributed by atoms with E-state index in [1.807, 2.05) is 26.0 Å². The van der Waals surface area contributed by atoms with Gasteiger partial charge in [-0.1, -0.05) is 19.1 Å². The molecule has 4 heteroatoms. The molecule has 0 aliphatic rings. The molecule has 18 heavy (non-hydrogen) atoms. The third kappa shape index (κ3) is 5.68. The highest BCUT2D eigenvalue weighted by Gasteiger charge is 2.06. The molecule has 1 aromatic carbocycles. The number of benzene rings is 1. The number of hydrogen-bond acceptors (Lipinski definition) is 3. The summed E-state index contributed by atoms with van der Waals surface area (Å²) in [5.74, 6) is 0.313. The first-order chi connectivity index (χ1) is 8.61. The minimum Gasteiger partial charge on any atom is -0.508 e. The number of nitrogens with one attached hydrogen (secondary N) is 2. The molecule has 0 radical (unpaired) electrons. The first kappa shape index (κ1) is 14.5. The highest BCUT2D eigenvalue weighted by atomic mass is 16.3. The van der Waals surface area contributed by atoms with Crippen LogP contribution in [0.2, 0.25) is 0 Å². The van der Waals surface area contributed by atoms with Crippen molar-refractivity contribution in [2.24, 2.45) is 0 Å². The molecule has 1 unspecified atom stereocenters. The number of carbonyl (C=O) groups excluding carboxylic acids is 1. The van der Waals surface area contributed by atoms with Crippen molar-refractivity contribution >= 4 is 5.91 Å². The summed E-state index contributed by atoms with van der Waals surface area (Å²) < 4.78 is 0. The number of carbonyl (C=O) groups is 1. The fraction of sp³-hybridized carbons (Fsp3) is 0.500. The molecule has 100 valence electrons. The first-order valence-corrected chi connectivity index (χ1v) is 6.39. The van der Waals surface area contributed by atoms with Gasteiger partial charge in [-0.3, -0.25) is 4.79 Å². The third-order valence-electron chi connectivity index (χ3n) is 2.66. The molecule has 0 aromatic heterocycles. The van der Waals surface area contributed by atoms with Crippen LogP contribution in [-0.2, 0) is 11.2 Å². The molecule has 0 aliphatic heterocycles. The van der Waals surface area contributed by atoms with Gasteiger partial charge in [0.2, 0.25) is 5.91 Å². The average Bonchev–Trinajstić information content (AvgIpc) is 2.36. The Morgan fingerprint density at radius 1 is 1.33 bits per heavy atom. The molecule has 1 aromatic rings. The van der Waals surface area contributed by atoms with Gasteiger partial charge < -0.3 is 15.7 Å². The lowest BCUT2D eigenvalue weighted by molar-refractivity contribution is -0.120. The zero-order valence-corrected chi connectivity index (χ0v) is 11.1. The molecule has 0 spiro atoms. The molecule has 0 heterocycles. The maximum atomic E-state index is 11.4. The summed E-state index contributed by atoms with van der Waals surface area (Å²) in [6.45, 7) is 5.15. The minimum atomic E-state index is 0.0365. The highest BCUT2D eigenvalue weighted by Crippen LogP contribution is 2.10.